The second-order valence-corrected chi connectivity index (χ2v) is 7.75. The van der Waals surface area contributed by atoms with Gasteiger partial charge < -0.3 is 14.7 Å². The maximum atomic E-state index is 12.3. The van der Waals surface area contributed by atoms with Crippen LogP contribution in [-0.2, 0) is 24.0 Å². The zero-order valence-electron chi connectivity index (χ0n) is 15.2. The molecule has 6 nitrogen and oxygen atoms in total. The molecule has 1 aromatic carbocycles. The van der Waals surface area contributed by atoms with E-state index in [4.69, 9.17) is 4.74 Å². The van der Waals surface area contributed by atoms with Crippen molar-refractivity contribution in [3.05, 3.63) is 28.8 Å². The highest BCUT2D eigenvalue weighted by atomic mass is 16.6. The molecule has 0 saturated carbocycles. The van der Waals surface area contributed by atoms with Crippen molar-refractivity contribution in [2.75, 3.05) is 24.5 Å². The van der Waals surface area contributed by atoms with Gasteiger partial charge in [0.1, 0.15) is 5.60 Å². The number of ether oxygens (including phenoxy) is 1. The molecule has 3 rings (SSSR count). The van der Waals surface area contributed by atoms with Crippen molar-refractivity contribution in [1.82, 2.24) is 4.90 Å². The molecule has 136 valence electrons. The van der Waals surface area contributed by atoms with E-state index in [2.05, 4.69) is 6.07 Å². The van der Waals surface area contributed by atoms with Gasteiger partial charge in [-0.3, -0.25) is 4.90 Å². The zero-order chi connectivity index (χ0) is 18.2. The Bertz CT molecular complexity index is 693. The lowest BCUT2D eigenvalue weighted by molar-refractivity contribution is 0.0258. The number of anilines is 1. The van der Waals surface area contributed by atoms with E-state index in [0.29, 0.717) is 19.6 Å². The first-order valence-electron chi connectivity index (χ1n) is 8.87. The summed E-state index contributed by atoms with van der Waals surface area (Å²) in [5.41, 5.74) is 3.76. The summed E-state index contributed by atoms with van der Waals surface area (Å²) in [6.45, 7) is 7.37. The van der Waals surface area contributed by atoms with Crippen LogP contribution < -0.4 is 4.90 Å². The maximum absolute atomic E-state index is 12.3. The largest absolute Gasteiger partial charge is 0.465 e. The molecule has 0 fully saturated rings. The predicted molar refractivity (Wildman–Crippen MR) is 95.3 cm³/mol. The van der Waals surface area contributed by atoms with E-state index >= 15 is 0 Å². The van der Waals surface area contributed by atoms with Crippen LogP contribution in [0.2, 0.25) is 0 Å². The normalized spacial score (nSPS) is 17.4. The lowest BCUT2D eigenvalue weighted by atomic mass is 9.93. The number of benzene rings is 1. The topological polar surface area (TPSA) is 70.1 Å². The van der Waals surface area contributed by atoms with Gasteiger partial charge in [0, 0.05) is 19.6 Å². The molecule has 0 bridgehead atoms. The SMILES string of the molecule is CC(C)(C)OC(=O)N1CCc2cc3c(cc2CC1)N(C(=O)O)CCC3. The van der Waals surface area contributed by atoms with Gasteiger partial charge in [0.15, 0.2) is 0 Å². The Kier molecular flexibility index (Phi) is 4.62. The fourth-order valence-electron chi connectivity index (χ4n) is 3.52. The van der Waals surface area contributed by atoms with Gasteiger partial charge in [0.25, 0.3) is 0 Å². The highest BCUT2D eigenvalue weighted by molar-refractivity contribution is 5.88. The lowest BCUT2D eigenvalue weighted by Gasteiger charge is -2.28. The quantitative estimate of drug-likeness (QED) is 0.781. The van der Waals surface area contributed by atoms with E-state index in [-0.39, 0.29) is 6.09 Å². The molecule has 2 heterocycles. The van der Waals surface area contributed by atoms with Crippen LogP contribution in [0.4, 0.5) is 15.3 Å². The first-order valence-corrected chi connectivity index (χ1v) is 8.87. The molecule has 0 radical (unpaired) electrons. The number of rotatable bonds is 0. The molecule has 25 heavy (non-hydrogen) atoms. The summed E-state index contributed by atoms with van der Waals surface area (Å²) in [6.07, 6.45) is 2.07. The first-order chi connectivity index (χ1) is 11.7. The third-order valence-corrected chi connectivity index (χ3v) is 4.70. The third-order valence-electron chi connectivity index (χ3n) is 4.70. The Balaban J connectivity index is 1.80. The molecule has 2 aliphatic heterocycles. The monoisotopic (exact) mass is 346 g/mol. The highest BCUT2D eigenvalue weighted by Gasteiger charge is 2.27. The Labute approximate surface area is 148 Å². The van der Waals surface area contributed by atoms with E-state index in [1.807, 2.05) is 26.8 Å². The number of hydrogen-bond donors (Lipinski definition) is 1. The molecule has 0 saturated heterocycles. The fraction of sp³-hybridized carbons (Fsp3) is 0.579. The number of carbonyl (C=O) groups excluding carboxylic acids is 1. The summed E-state index contributed by atoms with van der Waals surface area (Å²) >= 11 is 0. The van der Waals surface area contributed by atoms with Crippen LogP contribution >= 0.6 is 0 Å². The van der Waals surface area contributed by atoms with Gasteiger partial charge in [-0.25, -0.2) is 9.59 Å². The first kappa shape index (κ1) is 17.6. The van der Waals surface area contributed by atoms with Crippen molar-refractivity contribution >= 4 is 17.9 Å². The summed E-state index contributed by atoms with van der Waals surface area (Å²) in [7, 11) is 0. The molecule has 2 aliphatic rings. The number of nitrogens with zero attached hydrogens (tertiary/aromatic N) is 2. The van der Waals surface area contributed by atoms with Crippen molar-refractivity contribution in [2.45, 2.75) is 52.1 Å². The standard InChI is InChI=1S/C19H26N2O4/c1-19(2,3)25-18(24)20-9-6-13-11-15-5-4-8-21(17(22)23)16(15)12-14(13)7-10-20/h11-12H,4-10H2,1-3H3,(H,22,23). The molecule has 0 atom stereocenters. The molecule has 1 N–H and O–H groups in total. The van der Waals surface area contributed by atoms with Crippen LogP contribution in [0.25, 0.3) is 0 Å². The summed E-state index contributed by atoms with van der Waals surface area (Å²) in [4.78, 5) is 27.0. The Morgan fingerprint density at radius 1 is 1.00 bits per heavy atom. The van der Waals surface area contributed by atoms with Gasteiger partial charge in [-0.05, 0) is 69.2 Å². The van der Waals surface area contributed by atoms with Gasteiger partial charge in [0.2, 0.25) is 0 Å². The van der Waals surface area contributed by atoms with E-state index < -0.39 is 11.7 Å². The van der Waals surface area contributed by atoms with Crippen molar-refractivity contribution in [3.8, 4) is 0 Å². The van der Waals surface area contributed by atoms with Gasteiger partial charge in [-0.2, -0.15) is 0 Å². The summed E-state index contributed by atoms with van der Waals surface area (Å²) in [5.74, 6) is 0. The second kappa shape index (κ2) is 6.58. The van der Waals surface area contributed by atoms with E-state index in [1.165, 1.54) is 10.5 Å². The number of hydrogen-bond acceptors (Lipinski definition) is 3. The smallest absolute Gasteiger partial charge is 0.411 e. The number of fused-ring (bicyclic) bond motifs is 2. The number of carbonyl (C=O) groups is 2. The number of carboxylic acid groups (broad SMARTS) is 1. The minimum Gasteiger partial charge on any atom is -0.465 e. The number of amides is 2. The molecular formula is C19H26N2O4. The molecule has 0 unspecified atom stereocenters. The van der Waals surface area contributed by atoms with Crippen LogP contribution in [0.5, 0.6) is 0 Å². The Hall–Kier alpha value is -2.24. The van der Waals surface area contributed by atoms with Gasteiger partial charge in [-0.15, -0.1) is 0 Å². The third kappa shape index (κ3) is 3.89. The van der Waals surface area contributed by atoms with Crippen LogP contribution in [-0.4, -0.2) is 47.4 Å². The van der Waals surface area contributed by atoms with Crippen LogP contribution in [0.15, 0.2) is 12.1 Å². The number of aryl methyl sites for hydroxylation is 1. The Morgan fingerprint density at radius 3 is 2.24 bits per heavy atom. The van der Waals surface area contributed by atoms with Crippen LogP contribution in [0.3, 0.4) is 0 Å². The molecule has 0 aliphatic carbocycles. The van der Waals surface area contributed by atoms with E-state index in [1.54, 1.807) is 4.90 Å². The molecule has 2 amide bonds. The summed E-state index contributed by atoms with van der Waals surface area (Å²) in [6, 6.07) is 4.15. The average molecular weight is 346 g/mol. The van der Waals surface area contributed by atoms with Crippen molar-refractivity contribution in [3.63, 3.8) is 0 Å². The Morgan fingerprint density at radius 2 is 1.64 bits per heavy atom. The maximum Gasteiger partial charge on any atom is 0.411 e. The minimum absolute atomic E-state index is 0.280. The fourth-order valence-corrected chi connectivity index (χ4v) is 3.52. The zero-order valence-corrected chi connectivity index (χ0v) is 15.2. The predicted octanol–water partition coefficient (Wildman–Crippen LogP) is 3.45. The van der Waals surface area contributed by atoms with Crippen LogP contribution in [0, 0.1) is 0 Å². The minimum atomic E-state index is -0.898. The average Bonchev–Trinajstić information content (AvgIpc) is 2.72. The van der Waals surface area contributed by atoms with Crippen molar-refractivity contribution < 1.29 is 19.4 Å². The lowest BCUT2D eigenvalue weighted by Crippen LogP contribution is -2.38. The molecule has 6 heteroatoms. The summed E-state index contributed by atoms with van der Waals surface area (Å²) in [5, 5.41) is 9.42. The van der Waals surface area contributed by atoms with Gasteiger partial charge in [-0.1, -0.05) is 6.07 Å². The molecule has 0 spiro atoms. The summed E-state index contributed by atoms with van der Waals surface area (Å²) < 4.78 is 5.48. The second-order valence-electron chi connectivity index (χ2n) is 7.75. The van der Waals surface area contributed by atoms with E-state index in [0.717, 1.165) is 42.5 Å². The van der Waals surface area contributed by atoms with Crippen molar-refractivity contribution in [1.29, 1.82) is 0 Å². The highest BCUT2D eigenvalue weighted by Crippen LogP contribution is 2.32. The van der Waals surface area contributed by atoms with Crippen LogP contribution in [0.1, 0.15) is 43.9 Å². The van der Waals surface area contributed by atoms with Gasteiger partial charge >= 0.3 is 12.2 Å². The van der Waals surface area contributed by atoms with Crippen molar-refractivity contribution in [2.24, 2.45) is 0 Å². The molecule has 0 aromatic heterocycles. The van der Waals surface area contributed by atoms with Gasteiger partial charge in [0.05, 0.1) is 5.69 Å². The molecular weight excluding hydrogens is 320 g/mol. The van der Waals surface area contributed by atoms with E-state index in [9.17, 15) is 14.7 Å². The molecule has 1 aromatic rings.